The van der Waals surface area contributed by atoms with Crippen LogP contribution in [0, 0.1) is 5.92 Å². The standard InChI is InChI=1S/C16H24N6O2S/c1-4-22-16(5-7-18-22)15-11-17-10-14(19-15)9-13-6-8-21(12-13)25(23,24)20(2)3/h5,7,10-11,13H,4,6,8-9,12H2,1-3H3/t13-/m0/s1. The van der Waals surface area contributed by atoms with Gasteiger partial charge >= 0.3 is 0 Å². The highest BCUT2D eigenvalue weighted by atomic mass is 32.2. The summed E-state index contributed by atoms with van der Waals surface area (Å²) in [5.41, 5.74) is 2.63. The molecule has 3 heterocycles. The molecule has 136 valence electrons. The lowest BCUT2D eigenvalue weighted by Gasteiger charge is -2.20. The molecule has 1 fully saturated rings. The van der Waals surface area contributed by atoms with Crippen molar-refractivity contribution in [3.8, 4) is 11.4 Å². The van der Waals surface area contributed by atoms with Crippen molar-refractivity contribution in [2.45, 2.75) is 26.3 Å². The van der Waals surface area contributed by atoms with E-state index in [1.807, 2.05) is 17.7 Å². The molecule has 0 N–H and O–H groups in total. The average molecular weight is 364 g/mol. The Balaban J connectivity index is 1.72. The number of aryl methyl sites for hydroxylation is 1. The molecule has 1 aliphatic rings. The summed E-state index contributed by atoms with van der Waals surface area (Å²) in [4.78, 5) is 9.02. The normalized spacial score (nSPS) is 19.0. The van der Waals surface area contributed by atoms with Gasteiger partial charge in [-0.05, 0) is 31.7 Å². The Kier molecular flexibility index (Phi) is 5.16. The van der Waals surface area contributed by atoms with Crippen molar-refractivity contribution in [2.24, 2.45) is 5.92 Å². The monoisotopic (exact) mass is 364 g/mol. The first-order chi connectivity index (χ1) is 11.9. The fourth-order valence-electron chi connectivity index (χ4n) is 3.13. The van der Waals surface area contributed by atoms with E-state index < -0.39 is 10.2 Å². The van der Waals surface area contributed by atoms with Gasteiger partial charge in [0.1, 0.15) is 5.69 Å². The summed E-state index contributed by atoms with van der Waals surface area (Å²) in [6, 6.07) is 1.93. The molecule has 0 amide bonds. The van der Waals surface area contributed by atoms with Gasteiger partial charge in [-0.2, -0.15) is 22.1 Å². The Bertz CT molecular complexity index is 833. The van der Waals surface area contributed by atoms with E-state index in [1.165, 1.54) is 4.31 Å². The molecule has 3 rings (SSSR count). The number of aromatic nitrogens is 4. The fraction of sp³-hybridized carbons (Fsp3) is 0.562. The van der Waals surface area contributed by atoms with Gasteiger partial charge in [0.2, 0.25) is 0 Å². The highest BCUT2D eigenvalue weighted by molar-refractivity contribution is 7.86. The zero-order chi connectivity index (χ0) is 18.0. The minimum Gasteiger partial charge on any atom is -0.264 e. The maximum atomic E-state index is 12.2. The van der Waals surface area contributed by atoms with Crippen LogP contribution in [-0.2, 0) is 23.2 Å². The third-order valence-electron chi connectivity index (χ3n) is 4.50. The van der Waals surface area contributed by atoms with E-state index in [9.17, 15) is 8.42 Å². The summed E-state index contributed by atoms with van der Waals surface area (Å²) in [6.07, 6.45) is 6.82. The lowest BCUT2D eigenvalue weighted by atomic mass is 10.0. The molecule has 0 aliphatic carbocycles. The molecule has 1 saturated heterocycles. The molecule has 0 saturated carbocycles. The van der Waals surface area contributed by atoms with Crippen molar-refractivity contribution >= 4 is 10.2 Å². The van der Waals surface area contributed by atoms with Gasteiger partial charge in [-0.15, -0.1) is 0 Å². The predicted octanol–water partition coefficient (Wildman–Crippen LogP) is 1.03. The first kappa shape index (κ1) is 18.0. The lowest BCUT2D eigenvalue weighted by Crippen LogP contribution is -2.38. The molecule has 25 heavy (non-hydrogen) atoms. The summed E-state index contributed by atoms with van der Waals surface area (Å²) in [5, 5.41) is 4.27. The molecule has 0 spiro atoms. The molecule has 0 aromatic carbocycles. The van der Waals surface area contributed by atoms with Crippen molar-refractivity contribution < 1.29 is 8.42 Å². The van der Waals surface area contributed by atoms with E-state index in [0.29, 0.717) is 13.1 Å². The SMILES string of the molecule is CCn1nccc1-c1cncc(C[C@@H]2CCN(S(=O)(=O)N(C)C)C2)n1. The summed E-state index contributed by atoms with van der Waals surface area (Å²) in [7, 11) is -0.207. The Morgan fingerprint density at radius 1 is 1.32 bits per heavy atom. The van der Waals surface area contributed by atoms with Crippen LogP contribution in [0.1, 0.15) is 19.0 Å². The van der Waals surface area contributed by atoms with E-state index >= 15 is 0 Å². The van der Waals surface area contributed by atoms with Crippen molar-refractivity contribution in [2.75, 3.05) is 27.2 Å². The van der Waals surface area contributed by atoms with Crippen LogP contribution in [0.25, 0.3) is 11.4 Å². The molecule has 9 heteroatoms. The van der Waals surface area contributed by atoms with Crippen molar-refractivity contribution in [1.29, 1.82) is 0 Å². The molecular weight excluding hydrogens is 340 g/mol. The summed E-state index contributed by atoms with van der Waals surface area (Å²) in [6.45, 7) is 3.89. The van der Waals surface area contributed by atoms with E-state index in [-0.39, 0.29) is 5.92 Å². The second-order valence-corrected chi connectivity index (χ2v) is 8.58. The molecule has 0 unspecified atom stereocenters. The number of hydrogen-bond donors (Lipinski definition) is 0. The maximum Gasteiger partial charge on any atom is 0.281 e. The number of rotatable bonds is 6. The summed E-state index contributed by atoms with van der Waals surface area (Å²) in [5.74, 6) is 0.260. The Morgan fingerprint density at radius 2 is 2.12 bits per heavy atom. The van der Waals surface area contributed by atoms with E-state index in [2.05, 4.69) is 10.1 Å². The fourth-order valence-corrected chi connectivity index (χ4v) is 4.33. The van der Waals surface area contributed by atoms with Crippen LogP contribution in [0.2, 0.25) is 0 Å². The van der Waals surface area contributed by atoms with Crippen LogP contribution < -0.4 is 0 Å². The maximum absolute atomic E-state index is 12.2. The predicted molar refractivity (Wildman–Crippen MR) is 94.9 cm³/mol. The van der Waals surface area contributed by atoms with Gasteiger partial charge in [0.25, 0.3) is 10.2 Å². The van der Waals surface area contributed by atoms with Gasteiger partial charge in [-0.25, -0.2) is 4.98 Å². The van der Waals surface area contributed by atoms with E-state index in [1.54, 1.807) is 37.0 Å². The van der Waals surface area contributed by atoms with Gasteiger partial charge in [0, 0.05) is 46.1 Å². The Morgan fingerprint density at radius 3 is 2.84 bits per heavy atom. The highest BCUT2D eigenvalue weighted by Crippen LogP contribution is 2.24. The second-order valence-electron chi connectivity index (χ2n) is 6.43. The molecule has 8 nitrogen and oxygen atoms in total. The zero-order valence-electron chi connectivity index (χ0n) is 14.8. The van der Waals surface area contributed by atoms with E-state index in [4.69, 9.17) is 4.98 Å². The van der Waals surface area contributed by atoms with Gasteiger partial charge in [-0.1, -0.05) is 0 Å². The van der Waals surface area contributed by atoms with Crippen LogP contribution in [0.15, 0.2) is 24.7 Å². The first-order valence-electron chi connectivity index (χ1n) is 8.42. The van der Waals surface area contributed by atoms with E-state index in [0.717, 1.165) is 36.5 Å². The zero-order valence-corrected chi connectivity index (χ0v) is 15.6. The lowest BCUT2D eigenvalue weighted by molar-refractivity contribution is 0.409. The molecular formula is C16H24N6O2S. The second kappa shape index (κ2) is 7.19. The molecule has 1 aliphatic heterocycles. The van der Waals surface area contributed by atoms with Crippen LogP contribution in [-0.4, -0.2) is 64.0 Å². The smallest absolute Gasteiger partial charge is 0.264 e. The third-order valence-corrected chi connectivity index (χ3v) is 6.40. The molecule has 2 aromatic rings. The molecule has 0 bridgehead atoms. The van der Waals surface area contributed by atoms with Gasteiger partial charge < -0.3 is 0 Å². The minimum absolute atomic E-state index is 0.260. The third kappa shape index (κ3) is 3.73. The van der Waals surface area contributed by atoms with Gasteiger partial charge in [-0.3, -0.25) is 9.67 Å². The quantitative estimate of drug-likeness (QED) is 0.764. The van der Waals surface area contributed by atoms with Crippen LogP contribution >= 0.6 is 0 Å². The Labute approximate surface area is 148 Å². The molecule has 0 radical (unpaired) electrons. The highest BCUT2D eigenvalue weighted by Gasteiger charge is 2.32. The number of hydrogen-bond acceptors (Lipinski definition) is 5. The summed E-state index contributed by atoms with van der Waals surface area (Å²) >= 11 is 0. The van der Waals surface area contributed by atoms with Gasteiger partial charge in [0.15, 0.2) is 0 Å². The van der Waals surface area contributed by atoms with Crippen LogP contribution in [0.5, 0.6) is 0 Å². The van der Waals surface area contributed by atoms with Gasteiger partial charge in [0.05, 0.1) is 17.6 Å². The van der Waals surface area contributed by atoms with Crippen molar-refractivity contribution in [3.05, 3.63) is 30.4 Å². The first-order valence-corrected chi connectivity index (χ1v) is 9.82. The topological polar surface area (TPSA) is 84.2 Å². The largest absolute Gasteiger partial charge is 0.281 e. The van der Waals surface area contributed by atoms with Crippen molar-refractivity contribution in [1.82, 2.24) is 28.4 Å². The Hall–Kier alpha value is -1.84. The molecule has 1 atom stereocenters. The van der Waals surface area contributed by atoms with Crippen LogP contribution in [0.4, 0.5) is 0 Å². The minimum atomic E-state index is -3.34. The average Bonchev–Trinajstić information content (AvgIpc) is 3.24. The number of nitrogens with zero attached hydrogens (tertiary/aromatic N) is 6. The molecule has 2 aromatic heterocycles. The van der Waals surface area contributed by atoms with Crippen molar-refractivity contribution in [3.63, 3.8) is 0 Å². The van der Waals surface area contributed by atoms with Crippen LogP contribution in [0.3, 0.4) is 0 Å². The summed E-state index contributed by atoms with van der Waals surface area (Å²) < 4.78 is 29.1.